The number of carboxylic acid groups (broad SMARTS) is 1. The predicted octanol–water partition coefficient (Wildman–Crippen LogP) is 2.51. The summed E-state index contributed by atoms with van der Waals surface area (Å²) in [5, 5.41) is 15.7. The molecule has 0 aliphatic carbocycles. The molecule has 4 rings (SSSR count). The summed E-state index contributed by atoms with van der Waals surface area (Å²) in [5.41, 5.74) is 2.84. The van der Waals surface area contributed by atoms with Gasteiger partial charge < -0.3 is 19.4 Å². The zero-order chi connectivity index (χ0) is 23.5. The number of aromatic nitrogens is 2. The summed E-state index contributed by atoms with van der Waals surface area (Å²) in [7, 11) is 3.11. The summed E-state index contributed by atoms with van der Waals surface area (Å²) in [4.78, 5) is 25.1. The van der Waals surface area contributed by atoms with Gasteiger partial charge in [0, 0.05) is 17.3 Å². The SMILES string of the molecule is COc1ccc(-c2nn(-c3ccccc3)cc2C=C2SC(=S)N(CC(=O)[O-])C2=O)cc1OC. The summed E-state index contributed by atoms with van der Waals surface area (Å²) in [6.45, 7) is -0.589. The summed E-state index contributed by atoms with van der Waals surface area (Å²) >= 11 is 6.22. The topological polar surface area (TPSA) is 96.7 Å². The molecule has 10 heteroatoms. The molecule has 0 spiro atoms. The van der Waals surface area contributed by atoms with Crippen LogP contribution in [-0.4, -0.2) is 51.6 Å². The number of para-hydroxylation sites is 1. The number of hydrogen-bond acceptors (Lipinski definition) is 8. The van der Waals surface area contributed by atoms with E-state index in [9.17, 15) is 14.7 Å². The Kier molecular flexibility index (Phi) is 6.47. The lowest BCUT2D eigenvalue weighted by molar-refractivity contribution is -0.305. The van der Waals surface area contributed by atoms with Crippen molar-refractivity contribution >= 4 is 46.3 Å². The number of aliphatic carboxylic acids is 1. The number of rotatable bonds is 7. The van der Waals surface area contributed by atoms with Crippen molar-refractivity contribution in [1.82, 2.24) is 14.7 Å². The van der Waals surface area contributed by atoms with Gasteiger partial charge in [-0.1, -0.05) is 42.2 Å². The Bertz CT molecular complexity index is 1270. The van der Waals surface area contributed by atoms with Crippen LogP contribution in [0.3, 0.4) is 0 Å². The minimum absolute atomic E-state index is 0.165. The monoisotopic (exact) mass is 480 g/mol. The minimum Gasteiger partial charge on any atom is -0.548 e. The zero-order valence-corrected chi connectivity index (χ0v) is 19.3. The van der Waals surface area contributed by atoms with Gasteiger partial charge in [-0.05, 0) is 36.4 Å². The second kappa shape index (κ2) is 9.47. The molecule has 1 fully saturated rings. The maximum absolute atomic E-state index is 12.8. The third-order valence-corrected chi connectivity index (χ3v) is 6.25. The first kappa shape index (κ1) is 22.6. The summed E-state index contributed by atoms with van der Waals surface area (Å²) in [6.07, 6.45) is 3.46. The van der Waals surface area contributed by atoms with E-state index < -0.39 is 18.4 Å². The fourth-order valence-electron chi connectivity index (χ4n) is 3.32. The Hall–Kier alpha value is -3.63. The number of nitrogens with zero attached hydrogens (tertiary/aromatic N) is 3. The van der Waals surface area contributed by atoms with Gasteiger partial charge in [0.25, 0.3) is 5.91 Å². The van der Waals surface area contributed by atoms with Gasteiger partial charge >= 0.3 is 0 Å². The van der Waals surface area contributed by atoms with Crippen molar-refractivity contribution in [2.45, 2.75) is 0 Å². The highest BCUT2D eigenvalue weighted by Crippen LogP contribution is 2.37. The Balaban J connectivity index is 1.82. The number of ether oxygens (including phenoxy) is 2. The first-order valence-corrected chi connectivity index (χ1v) is 11.0. The normalized spacial score (nSPS) is 14.7. The number of carbonyl (C=O) groups is 2. The van der Waals surface area contributed by atoms with Crippen molar-refractivity contribution < 1.29 is 24.2 Å². The van der Waals surface area contributed by atoms with E-state index in [1.165, 1.54) is 0 Å². The van der Waals surface area contributed by atoms with Crippen LogP contribution in [0.2, 0.25) is 0 Å². The average molecular weight is 481 g/mol. The molecule has 0 saturated carbocycles. The third-order valence-electron chi connectivity index (χ3n) is 4.87. The molecule has 3 aromatic rings. The molecule has 1 aliphatic heterocycles. The molecule has 0 unspecified atom stereocenters. The molecule has 2 heterocycles. The second-order valence-electron chi connectivity index (χ2n) is 6.92. The van der Waals surface area contributed by atoms with Gasteiger partial charge in [-0.25, -0.2) is 4.68 Å². The molecule has 33 heavy (non-hydrogen) atoms. The van der Waals surface area contributed by atoms with Gasteiger partial charge in [0.2, 0.25) is 0 Å². The summed E-state index contributed by atoms with van der Waals surface area (Å²) in [6, 6.07) is 15.0. The first-order chi connectivity index (χ1) is 15.9. The van der Waals surface area contributed by atoms with E-state index in [0.29, 0.717) is 27.7 Å². The van der Waals surface area contributed by atoms with Crippen molar-refractivity contribution in [3.63, 3.8) is 0 Å². The van der Waals surface area contributed by atoms with Gasteiger partial charge in [-0.15, -0.1) is 0 Å². The highest BCUT2D eigenvalue weighted by Gasteiger charge is 2.32. The van der Waals surface area contributed by atoms with Gasteiger partial charge in [0.15, 0.2) is 11.5 Å². The molecule has 8 nitrogen and oxygen atoms in total. The van der Waals surface area contributed by atoms with Gasteiger partial charge in [-0.3, -0.25) is 9.69 Å². The Morgan fingerprint density at radius 2 is 1.88 bits per heavy atom. The van der Waals surface area contributed by atoms with Gasteiger partial charge in [0.05, 0.1) is 37.3 Å². The Labute approximate surface area is 199 Å². The average Bonchev–Trinajstić information content (AvgIpc) is 3.35. The summed E-state index contributed by atoms with van der Waals surface area (Å²) < 4.78 is 12.6. The largest absolute Gasteiger partial charge is 0.548 e. The number of thioether (sulfide) groups is 1. The van der Waals surface area contributed by atoms with Crippen LogP contribution in [0.1, 0.15) is 5.56 Å². The van der Waals surface area contributed by atoms with E-state index in [-0.39, 0.29) is 4.32 Å². The molecular weight excluding hydrogens is 462 g/mol. The molecule has 2 aromatic carbocycles. The quantitative estimate of drug-likeness (QED) is 0.376. The predicted molar refractivity (Wildman–Crippen MR) is 127 cm³/mol. The first-order valence-electron chi connectivity index (χ1n) is 9.74. The van der Waals surface area contributed by atoms with E-state index in [1.807, 2.05) is 36.4 Å². The fourth-order valence-corrected chi connectivity index (χ4v) is 4.57. The van der Waals surface area contributed by atoms with Crippen LogP contribution in [0, 0.1) is 0 Å². The third kappa shape index (κ3) is 4.62. The van der Waals surface area contributed by atoms with Crippen molar-refractivity contribution in [3.8, 4) is 28.4 Å². The van der Waals surface area contributed by atoms with Crippen molar-refractivity contribution in [3.05, 3.63) is 65.2 Å². The Morgan fingerprint density at radius 3 is 2.55 bits per heavy atom. The van der Waals surface area contributed by atoms with Gasteiger partial charge in [0.1, 0.15) is 10.0 Å². The lowest BCUT2D eigenvalue weighted by Gasteiger charge is -2.14. The minimum atomic E-state index is -1.38. The smallest absolute Gasteiger partial charge is 0.266 e. The molecule has 0 N–H and O–H groups in total. The van der Waals surface area contributed by atoms with Crippen LogP contribution in [0.15, 0.2) is 59.6 Å². The Morgan fingerprint density at radius 1 is 1.15 bits per heavy atom. The number of carboxylic acids is 1. The van der Waals surface area contributed by atoms with E-state index in [1.54, 1.807) is 43.3 Å². The molecule has 168 valence electrons. The van der Waals surface area contributed by atoms with Crippen LogP contribution >= 0.6 is 24.0 Å². The number of benzene rings is 2. The molecule has 1 amide bonds. The van der Waals surface area contributed by atoms with Crippen LogP contribution in [-0.2, 0) is 9.59 Å². The van der Waals surface area contributed by atoms with Gasteiger partial charge in [-0.2, -0.15) is 5.10 Å². The summed E-state index contributed by atoms with van der Waals surface area (Å²) in [5.74, 6) is -0.751. The molecule has 0 radical (unpaired) electrons. The van der Waals surface area contributed by atoms with Crippen LogP contribution in [0.4, 0.5) is 0 Å². The standard InChI is InChI=1S/C23H19N3O5S2/c1-30-17-9-8-14(10-18(17)31-2)21-15(12-26(24-21)16-6-4-3-5-7-16)11-19-22(29)25(13-20(27)28)23(32)33-19/h3-12H,13H2,1-2H3,(H,27,28)/p-1. The fraction of sp³-hybridized carbons (Fsp3) is 0.130. The number of carbonyl (C=O) groups excluding carboxylic acids is 2. The highest BCUT2D eigenvalue weighted by atomic mass is 32.2. The lowest BCUT2D eigenvalue weighted by Crippen LogP contribution is -2.40. The maximum atomic E-state index is 12.8. The highest BCUT2D eigenvalue weighted by molar-refractivity contribution is 8.26. The van der Waals surface area contributed by atoms with E-state index >= 15 is 0 Å². The van der Waals surface area contributed by atoms with Crippen molar-refractivity contribution in [2.24, 2.45) is 0 Å². The lowest BCUT2D eigenvalue weighted by atomic mass is 10.1. The number of thiocarbonyl (C=S) groups is 1. The van der Waals surface area contributed by atoms with Crippen LogP contribution < -0.4 is 14.6 Å². The van der Waals surface area contributed by atoms with Crippen LogP contribution in [0.25, 0.3) is 23.0 Å². The molecule has 1 aliphatic rings. The van der Waals surface area contributed by atoms with Crippen LogP contribution in [0.5, 0.6) is 11.5 Å². The van der Waals surface area contributed by atoms with E-state index in [0.717, 1.165) is 27.9 Å². The molecule has 0 bridgehead atoms. The second-order valence-corrected chi connectivity index (χ2v) is 8.60. The molecule has 1 aromatic heterocycles. The van der Waals surface area contributed by atoms with E-state index in [4.69, 9.17) is 26.8 Å². The zero-order valence-electron chi connectivity index (χ0n) is 17.7. The van der Waals surface area contributed by atoms with Crippen molar-refractivity contribution in [2.75, 3.05) is 20.8 Å². The number of amides is 1. The number of hydrogen-bond donors (Lipinski definition) is 0. The molecular formula is C23H18N3O5S2-. The number of methoxy groups -OCH3 is 2. The molecule has 0 atom stereocenters. The van der Waals surface area contributed by atoms with Crippen molar-refractivity contribution in [1.29, 1.82) is 0 Å². The maximum Gasteiger partial charge on any atom is 0.266 e. The molecule has 1 saturated heterocycles. The van der Waals surface area contributed by atoms with E-state index in [2.05, 4.69) is 0 Å².